The minimum absolute atomic E-state index is 0.0280. The summed E-state index contributed by atoms with van der Waals surface area (Å²) in [5, 5.41) is 10.2. The first-order valence-corrected chi connectivity index (χ1v) is 13.5. The number of H-pyrrole nitrogens is 1. The van der Waals surface area contributed by atoms with Gasteiger partial charge in [0, 0.05) is 37.0 Å². The first-order valence-electron chi connectivity index (χ1n) is 13.5. The molecule has 3 heterocycles. The fourth-order valence-corrected chi connectivity index (χ4v) is 5.22. The lowest BCUT2D eigenvalue weighted by Crippen LogP contribution is -2.58. The van der Waals surface area contributed by atoms with Crippen molar-refractivity contribution < 1.29 is 23.9 Å². The largest absolute Gasteiger partial charge is 0.457 e. The molecular formula is C30H35N5O5. The van der Waals surface area contributed by atoms with E-state index in [2.05, 4.69) is 15.5 Å². The lowest BCUT2D eigenvalue weighted by Gasteiger charge is -2.39. The number of aromatic nitrogens is 2. The van der Waals surface area contributed by atoms with E-state index in [1.807, 2.05) is 51.1 Å². The number of hydrogen-bond donors (Lipinski definition) is 2. The maximum atomic E-state index is 13.2. The number of carbonyl (C=O) groups excluding carboxylic acids is 3. The molecule has 10 nitrogen and oxygen atoms in total. The average Bonchev–Trinajstić information content (AvgIpc) is 3.24. The summed E-state index contributed by atoms with van der Waals surface area (Å²) in [4.78, 5) is 42.7. The van der Waals surface area contributed by atoms with Gasteiger partial charge in [0.2, 0.25) is 11.8 Å². The number of rotatable bonds is 2. The van der Waals surface area contributed by atoms with Gasteiger partial charge >= 0.3 is 0 Å². The van der Waals surface area contributed by atoms with E-state index >= 15 is 0 Å². The molecule has 2 N–H and O–H groups in total. The summed E-state index contributed by atoms with van der Waals surface area (Å²) in [7, 11) is 1.59. The number of aromatic amines is 1. The van der Waals surface area contributed by atoms with Crippen LogP contribution in [0.1, 0.15) is 44.9 Å². The summed E-state index contributed by atoms with van der Waals surface area (Å²) >= 11 is 0. The maximum Gasteiger partial charge on any atom is 0.254 e. The number of benzene rings is 2. The molecule has 2 aliphatic heterocycles. The monoisotopic (exact) mass is 545 g/mol. The van der Waals surface area contributed by atoms with Crippen molar-refractivity contribution in [1.82, 2.24) is 25.3 Å². The van der Waals surface area contributed by atoms with Crippen LogP contribution in [0.25, 0.3) is 0 Å². The van der Waals surface area contributed by atoms with Crippen molar-refractivity contribution in [3.05, 3.63) is 76.1 Å². The van der Waals surface area contributed by atoms with Gasteiger partial charge in [-0.1, -0.05) is 18.2 Å². The fraction of sp³-hybridized carbons (Fsp3) is 0.400. The topological polar surface area (TPSA) is 117 Å². The highest BCUT2D eigenvalue weighted by Crippen LogP contribution is 2.28. The van der Waals surface area contributed by atoms with Gasteiger partial charge in [-0.15, -0.1) is 0 Å². The van der Waals surface area contributed by atoms with E-state index in [9.17, 15) is 14.4 Å². The standard InChI is InChI=1S/C30H35N5O5/c1-18-8-9-22-13-27(18)40-23-7-5-6-21(12-23)17-39-26-10-11-35(29(37)14-24-19(2)32-33-20(24)3)15-25(26)31-28(36)16-34(4)30(22)38/h5-9,12-13,25-26H,10-11,14-17H2,1-4H3,(H,31,36)(H,32,33)/t25-,26+/m0/s1. The van der Waals surface area contributed by atoms with Crippen LogP contribution in [0, 0.1) is 20.8 Å². The number of carbonyl (C=O) groups is 3. The van der Waals surface area contributed by atoms with Crippen LogP contribution < -0.4 is 10.1 Å². The lowest BCUT2D eigenvalue weighted by molar-refractivity contribution is -0.136. The Morgan fingerprint density at radius 3 is 2.73 bits per heavy atom. The van der Waals surface area contributed by atoms with Crippen molar-refractivity contribution in [3.8, 4) is 11.5 Å². The summed E-state index contributed by atoms with van der Waals surface area (Å²) in [6.45, 7) is 6.72. The molecule has 1 fully saturated rings. The summed E-state index contributed by atoms with van der Waals surface area (Å²) < 4.78 is 12.5. The second-order valence-electron chi connectivity index (χ2n) is 10.6. The zero-order valence-corrected chi connectivity index (χ0v) is 23.3. The van der Waals surface area contributed by atoms with E-state index in [1.54, 1.807) is 24.1 Å². The van der Waals surface area contributed by atoms with Crippen LogP contribution in [0.15, 0.2) is 42.5 Å². The van der Waals surface area contributed by atoms with Gasteiger partial charge in [-0.05, 0) is 62.6 Å². The number of aryl methyl sites for hydroxylation is 3. The molecule has 2 aromatic carbocycles. The Labute approximate surface area is 233 Å². The number of amides is 3. The van der Waals surface area contributed by atoms with Crippen LogP contribution in [0.2, 0.25) is 0 Å². The summed E-state index contributed by atoms with van der Waals surface area (Å²) in [6.07, 6.45) is 0.497. The van der Waals surface area contributed by atoms with Crippen molar-refractivity contribution in [1.29, 1.82) is 0 Å². The molecule has 10 heteroatoms. The van der Waals surface area contributed by atoms with Gasteiger partial charge < -0.3 is 24.6 Å². The lowest BCUT2D eigenvalue weighted by atomic mass is 10.00. The number of likely N-dealkylation sites (tertiary alicyclic amines) is 1. The molecule has 0 unspecified atom stereocenters. The molecule has 0 radical (unpaired) electrons. The molecule has 1 aromatic heterocycles. The zero-order valence-electron chi connectivity index (χ0n) is 23.3. The maximum absolute atomic E-state index is 13.2. The van der Waals surface area contributed by atoms with Crippen molar-refractivity contribution in [2.45, 2.75) is 52.4 Å². The van der Waals surface area contributed by atoms with E-state index in [1.165, 1.54) is 4.90 Å². The number of piperidine rings is 1. The third-order valence-corrected chi connectivity index (χ3v) is 7.61. The van der Waals surface area contributed by atoms with Crippen molar-refractivity contribution >= 4 is 17.7 Å². The third-order valence-electron chi connectivity index (χ3n) is 7.61. The molecule has 2 aliphatic rings. The van der Waals surface area contributed by atoms with E-state index in [4.69, 9.17) is 9.47 Å². The quantitative estimate of drug-likeness (QED) is 0.511. The predicted octanol–water partition coefficient (Wildman–Crippen LogP) is 3.06. The Hall–Kier alpha value is -4.18. The number of likely N-dealkylation sites (N-methyl/N-ethyl adjacent to an activating group) is 1. The van der Waals surface area contributed by atoms with Crippen molar-refractivity contribution in [2.24, 2.45) is 0 Å². The molecule has 3 aromatic rings. The molecule has 3 amide bonds. The van der Waals surface area contributed by atoms with Gasteiger partial charge in [-0.2, -0.15) is 5.10 Å². The summed E-state index contributed by atoms with van der Waals surface area (Å²) in [6, 6.07) is 12.5. The van der Waals surface area contributed by atoms with E-state index in [0.29, 0.717) is 43.2 Å². The Morgan fingerprint density at radius 2 is 1.95 bits per heavy atom. The van der Waals surface area contributed by atoms with Crippen LogP contribution in [-0.2, 0) is 27.4 Å². The molecular weight excluding hydrogens is 510 g/mol. The van der Waals surface area contributed by atoms with Gasteiger partial charge in [0.1, 0.15) is 11.5 Å². The van der Waals surface area contributed by atoms with Crippen LogP contribution in [-0.4, -0.2) is 76.5 Å². The Bertz CT molecular complexity index is 1410. The molecule has 210 valence electrons. The molecule has 0 saturated carbocycles. The third kappa shape index (κ3) is 6.02. The normalized spacial score (nSPS) is 20.0. The highest BCUT2D eigenvalue weighted by molar-refractivity contribution is 5.96. The second-order valence-corrected chi connectivity index (χ2v) is 10.6. The minimum Gasteiger partial charge on any atom is -0.457 e. The Balaban J connectivity index is 1.38. The van der Waals surface area contributed by atoms with Crippen LogP contribution in [0.5, 0.6) is 11.5 Å². The second kappa shape index (κ2) is 11.5. The highest BCUT2D eigenvalue weighted by atomic mass is 16.5. The smallest absolute Gasteiger partial charge is 0.254 e. The molecule has 1 saturated heterocycles. The highest BCUT2D eigenvalue weighted by Gasteiger charge is 2.34. The molecule has 4 bridgehead atoms. The van der Waals surface area contributed by atoms with E-state index < -0.39 is 6.04 Å². The van der Waals surface area contributed by atoms with Gasteiger partial charge in [0.25, 0.3) is 5.91 Å². The summed E-state index contributed by atoms with van der Waals surface area (Å²) in [5.41, 5.74) is 4.82. The van der Waals surface area contributed by atoms with Crippen LogP contribution >= 0.6 is 0 Å². The number of nitrogens with one attached hydrogen (secondary N) is 2. The Morgan fingerprint density at radius 1 is 1.12 bits per heavy atom. The van der Waals surface area contributed by atoms with Gasteiger partial charge in [-0.3, -0.25) is 19.5 Å². The number of ether oxygens (including phenoxy) is 2. The average molecular weight is 546 g/mol. The Kier molecular flexibility index (Phi) is 7.88. The van der Waals surface area contributed by atoms with E-state index in [-0.39, 0.29) is 36.8 Å². The molecule has 0 spiro atoms. The predicted molar refractivity (Wildman–Crippen MR) is 148 cm³/mol. The molecule has 0 aliphatic carbocycles. The van der Waals surface area contributed by atoms with Crippen LogP contribution in [0.3, 0.4) is 0 Å². The first-order chi connectivity index (χ1) is 19.2. The van der Waals surface area contributed by atoms with Gasteiger partial charge in [0.15, 0.2) is 0 Å². The SMILES string of the molecule is Cc1ccc2cc1Oc1cccc(c1)CO[C@@H]1CCN(C(=O)Cc3c(C)n[nH]c3C)C[C@@H]1NC(=O)CN(C)C2=O. The van der Waals surface area contributed by atoms with Gasteiger partial charge in [-0.25, -0.2) is 0 Å². The minimum atomic E-state index is -0.432. The van der Waals surface area contributed by atoms with E-state index in [0.717, 1.165) is 28.1 Å². The number of hydrogen-bond acceptors (Lipinski definition) is 6. The molecule has 5 rings (SSSR count). The van der Waals surface area contributed by atoms with Crippen LogP contribution in [0.4, 0.5) is 0 Å². The molecule has 2 atom stereocenters. The van der Waals surface area contributed by atoms with Crippen molar-refractivity contribution in [2.75, 3.05) is 26.7 Å². The fourth-order valence-electron chi connectivity index (χ4n) is 5.22. The molecule has 40 heavy (non-hydrogen) atoms. The number of fused-ring (bicyclic) bond motifs is 5. The van der Waals surface area contributed by atoms with Crippen molar-refractivity contribution in [3.63, 3.8) is 0 Å². The first kappa shape index (κ1) is 27.4. The number of nitrogens with zero attached hydrogens (tertiary/aromatic N) is 3. The summed E-state index contributed by atoms with van der Waals surface area (Å²) in [5.74, 6) is 0.582. The van der Waals surface area contributed by atoms with Gasteiger partial charge in [0.05, 0.1) is 37.4 Å². The zero-order chi connectivity index (χ0) is 28.4.